The van der Waals surface area contributed by atoms with Gasteiger partial charge >= 0.3 is 0 Å². The first-order valence-electron chi connectivity index (χ1n) is 8.09. The van der Waals surface area contributed by atoms with Gasteiger partial charge < -0.3 is 15.4 Å². The van der Waals surface area contributed by atoms with Crippen molar-refractivity contribution in [3.63, 3.8) is 0 Å². The average molecular weight is 320 g/mol. The zero-order valence-electron chi connectivity index (χ0n) is 13.6. The van der Waals surface area contributed by atoms with Gasteiger partial charge in [-0.05, 0) is 36.8 Å². The number of hydrogen-bond donors (Lipinski definition) is 1. The van der Waals surface area contributed by atoms with Crippen molar-refractivity contribution in [2.24, 2.45) is 0 Å². The lowest BCUT2D eigenvalue weighted by atomic mass is 10.1. The third-order valence-electron chi connectivity index (χ3n) is 4.23. The summed E-state index contributed by atoms with van der Waals surface area (Å²) < 4.78 is 7.72. The first-order chi connectivity index (χ1) is 11.7. The van der Waals surface area contributed by atoms with Crippen molar-refractivity contribution in [3.8, 4) is 11.4 Å². The van der Waals surface area contributed by atoms with Crippen molar-refractivity contribution in [3.05, 3.63) is 65.9 Å². The van der Waals surface area contributed by atoms with Crippen molar-refractivity contribution in [2.75, 3.05) is 23.8 Å². The van der Waals surface area contributed by atoms with E-state index in [2.05, 4.69) is 35.1 Å². The molecule has 1 aliphatic heterocycles. The quantitative estimate of drug-likeness (QED) is 0.805. The van der Waals surface area contributed by atoms with Gasteiger partial charge in [-0.3, -0.25) is 0 Å². The van der Waals surface area contributed by atoms with Gasteiger partial charge in [0.15, 0.2) is 0 Å². The van der Waals surface area contributed by atoms with Crippen molar-refractivity contribution < 1.29 is 4.74 Å². The predicted molar refractivity (Wildman–Crippen MR) is 95.7 cm³/mol. The molecule has 0 aliphatic carbocycles. The molecule has 2 aromatic carbocycles. The number of nitrogens with two attached hydrogens (primary N) is 1. The lowest BCUT2D eigenvalue weighted by Crippen LogP contribution is -2.32. The minimum absolute atomic E-state index is 0.534. The summed E-state index contributed by atoms with van der Waals surface area (Å²) in [4.78, 5) is 2.31. The molecule has 0 atom stereocenters. The number of benzene rings is 2. The second-order valence-electron chi connectivity index (χ2n) is 6.05. The Hall–Kier alpha value is -2.95. The fourth-order valence-corrected chi connectivity index (χ4v) is 3.09. The van der Waals surface area contributed by atoms with Crippen LogP contribution in [-0.4, -0.2) is 22.9 Å². The van der Waals surface area contributed by atoms with Crippen LogP contribution in [0.5, 0.6) is 5.75 Å². The maximum absolute atomic E-state index is 5.96. The van der Waals surface area contributed by atoms with Gasteiger partial charge in [-0.25, -0.2) is 4.68 Å². The molecule has 0 spiro atoms. The molecule has 0 saturated carbocycles. The van der Waals surface area contributed by atoms with E-state index in [-0.39, 0.29) is 0 Å². The van der Waals surface area contributed by atoms with Gasteiger partial charge in [0.2, 0.25) is 0 Å². The highest BCUT2D eigenvalue weighted by atomic mass is 16.5. The van der Waals surface area contributed by atoms with Crippen LogP contribution in [0, 0.1) is 6.92 Å². The fraction of sp³-hybridized carbons (Fsp3) is 0.211. The second kappa shape index (κ2) is 5.92. The van der Waals surface area contributed by atoms with Crippen LogP contribution in [0.4, 0.5) is 11.5 Å². The molecule has 1 aromatic heterocycles. The zero-order chi connectivity index (χ0) is 16.5. The summed E-state index contributed by atoms with van der Waals surface area (Å²) in [6.45, 7) is 4.34. The van der Waals surface area contributed by atoms with Crippen LogP contribution in [0.2, 0.25) is 0 Å². The summed E-state index contributed by atoms with van der Waals surface area (Å²) in [5.74, 6) is 1.48. The molecule has 122 valence electrons. The van der Waals surface area contributed by atoms with Crippen LogP contribution >= 0.6 is 0 Å². The molecule has 5 nitrogen and oxygen atoms in total. The number of rotatable bonds is 3. The van der Waals surface area contributed by atoms with E-state index in [4.69, 9.17) is 10.5 Å². The minimum atomic E-state index is 0.534. The van der Waals surface area contributed by atoms with Gasteiger partial charge in [0.1, 0.15) is 18.2 Å². The molecule has 0 fully saturated rings. The number of aromatic nitrogens is 2. The first-order valence-corrected chi connectivity index (χ1v) is 8.09. The molecule has 2 heterocycles. The zero-order valence-corrected chi connectivity index (χ0v) is 13.6. The van der Waals surface area contributed by atoms with Crippen LogP contribution < -0.4 is 15.4 Å². The van der Waals surface area contributed by atoms with Gasteiger partial charge in [0.05, 0.1) is 30.2 Å². The van der Waals surface area contributed by atoms with E-state index >= 15 is 0 Å². The Bertz CT molecular complexity index is 857. The van der Waals surface area contributed by atoms with Crippen LogP contribution in [0.3, 0.4) is 0 Å². The van der Waals surface area contributed by atoms with Gasteiger partial charge in [0.25, 0.3) is 0 Å². The maximum Gasteiger partial charge on any atom is 0.146 e. The summed E-state index contributed by atoms with van der Waals surface area (Å²) in [6.07, 6.45) is 0. The topological polar surface area (TPSA) is 56.3 Å². The number of nitrogens with zero attached hydrogens (tertiary/aromatic N) is 3. The molecule has 5 heteroatoms. The third kappa shape index (κ3) is 2.69. The van der Waals surface area contributed by atoms with E-state index in [1.165, 1.54) is 5.56 Å². The summed E-state index contributed by atoms with van der Waals surface area (Å²) in [6, 6.07) is 18.3. The largest absolute Gasteiger partial charge is 0.490 e. The Balaban J connectivity index is 1.68. The Morgan fingerprint density at radius 1 is 1.12 bits per heavy atom. The molecular formula is C19H20N4O. The van der Waals surface area contributed by atoms with E-state index in [9.17, 15) is 0 Å². The molecular weight excluding hydrogens is 300 g/mol. The summed E-state index contributed by atoms with van der Waals surface area (Å²) >= 11 is 0. The molecule has 24 heavy (non-hydrogen) atoms. The lowest BCUT2D eigenvalue weighted by Gasteiger charge is -2.31. The maximum atomic E-state index is 5.96. The highest BCUT2D eigenvalue weighted by molar-refractivity contribution is 5.61. The average Bonchev–Trinajstić information content (AvgIpc) is 2.96. The van der Waals surface area contributed by atoms with Gasteiger partial charge in [-0.2, -0.15) is 5.10 Å². The number of aryl methyl sites for hydroxylation is 1. The van der Waals surface area contributed by atoms with Crippen molar-refractivity contribution in [1.82, 2.24) is 9.78 Å². The Labute approximate surface area is 141 Å². The van der Waals surface area contributed by atoms with Crippen molar-refractivity contribution >= 4 is 11.5 Å². The van der Waals surface area contributed by atoms with Crippen LogP contribution in [0.25, 0.3) is 5.69 Å². The molecule has 4 rings (SSSR count). The number of hydrogen-bond acceptors (Lipinski definition) is 4. The Morgan fingerprint density at radius 2 is 1.96 bits per heavy atom. The monoisotopic (exact) mass is 320 g/mol. The highest BCUT2D eigenvalue weighted by Crippen LogP contribution is 2.33. The predicted octanol–water partition coefficient (Wildman–Crippen LogP) is 3.16. The highest BCUT2D eigenvalue weighted by Gasteiger charge is 2.20. The summed E-state index contributed by atoms with van der Waals surface area (Å²) in [5.41, 5.74) is 10.4. The number of nitrogen functional groups attached to an aromatic ring is 1. The molecule has 0 amide bonds. The van der Waals surface area contributed by atoms with Gasteiger partial charge in [-0.15, -0.1) is 0 Å². The molecule has 0 bridgehead atoms. The van der Waals surface area contributed by atoms with Crippen molar-refractivity contribution in [2.45, 2.75) is 13.5 Å². The molecule has 1 aliphatic rings. The Kier molecular flexibility index (Phi) is 3.61. The van der Waals surface area contributed by atoms with Crippen LogP contribution in [-0.2, 0) is 6.54 Å². The molecule has 0 saturated heterocycles. The summed E-state index contributed by atoms with van der Waals surface area (Å²) in [5, 5.41) is 4.45. The van der Waals surface area contributed by atoms with Crippen molar-refractivity contribution in [1.29, 1.82) is 0 Å². The van der Waals surface area contributed by atoms with E-state index in [1.54, 1.807) is 0 Å². The SMILES string of the molecule is Cc1ccc2c(c1)OCCN2Cc1cc(N)nn1-c1ccccc1. The molecule has 2 N–H and O–H groups in total. The normalized spacial score (nSPS) is 13.5. The smallest absolute Gasteiger partial charge is 0.146 e. The van der Waals surface area contributed by atoms with E-state index < -0.39 is 0 Å². The van der Waals surface area contributed by atoms with Crippen LogP contribution in [0.1, 0.15) is 11.3 Å². The van der Waals surface area contributed by atoms with Gasteiger partial charge in [-0.1, -0.05) is 24.3 Å². The lowest BCUT2D eigenvalue weighted by molar-refractivity contribution is 0.306. The third-order valence-corrected chi connectivity index (χ3v) is 4.23. The minimum Gasteiger partial charge on any atom is -0.490 e. The van der Waals surface area contributed by atoms with Gasteiger partial charge in [0, 0.05) is 6.07 Å². The number of ether oxygens (including phenoxy) is 1. The summed E-state index contributed by atoms with van der Waals surface area (Å²) in [7, 11) is 0. The van der Waals surface area contributed by atoms with Crippen LogP contribution in [0.15, 0.2) is 54.6 Å². The second-order valence-corrected chi connectivity index (χ2v) is 6.05. The van der Waals surface area contributed by atoms with E-state index in [1.807, 2.05) is 41.1 Å². The molecule has 3 aromatic rings. The van der Waals surface area contributed by atoms with E-state index in [0.29, 0.717) is 12.4 Å². The fourth-order valence-electron chi connectivity index (χ4n) is 3.09. The number of fused-ring (bicyclic) bond motifs is 1. The Morgan fingerprint density at radius 3 is 2.79 bits per heavy atom. The standard InChI is InChI=1S/C19H20N4O/c1-14-7-8-17-18(11-14)24-10-9-22(17)13-16-12-19(20)21-23(16)15-5-3-2-4-6-15/h2-8,11-12H,9-10,13H2,1H3,(H2,20,21). The first kappa shape index (κ1) is 14.6. The molecule has 0 unspecified atom stereocenters. The number of anilines is 2. The van der Waals surface area contributed by atoms with E-state index in [0.717, 1.165) is 35.9 Å². The molecule has 0 radical (unpaired) electrons. The number of para-hydroxylation sites is 1.